The molecular weight excluding hydrogens is 483 g/mol. The van der Waals surface area contributed by atoms with Gasteiger partial charge in [0.1, 0.15) is 17.1 Å². The number of rotatable bonds is 4. The molecule has 2 aliphatic carbocycles. The van der Waals surface area contributed by atoms with E-state index in [1.807, 2.05) is 24.3 Å². The summed E-state index contributed by atoms with van der Waals surface area (Å²) in [4.78, 5) is 25.3. The first-order valence-electron chi connectivity index (χ1n) is 11.9. The molecule has 3 aliphatic rings. The standard InChI is InChI=1S/C29H26Cl2O4/c1-15-4-3-5-19(16(15)2)10-24(32)17-6-8-18(9-7-17)29-20-11-22(30)25(33)13-27(20)35-28-14-26(34)23(31)12-21(28)29/h6-9,11-16,19,33H,3-5,10H2,1-2H3. The first-order valence-corrected chi connectivity index (χ1v) is 12.7. The van der Waals surface area contributed by atoms with Crippen LogP contribution in [0, 0.1) is 17.8 Å². The van der Waals surface area contributed by atoms with Gasteiger partial charge in [0.2, 0.25) is 5.43 Å². The van der Waals surface area contributed by atoms with Crippen molar-refractivity contribution in [2.75, 3.05) is 0 Å². The number of fused-ring (bicyclic) bond motifs is 2. The third-order valence-corrected chi connectivity index (χ3v) is 8.26. The van der Waals surface area contributed by atoms with Crippen LogP contribution in [0.4, 0.5) is 0 Å². The molecular formula is C29H26Cl2O4. The smallest absolute Gasteiger partial charge is 0.200 e. The van der Waals surface area contributed by atoms with Gasteiger partial charge in [-0.15, -0.1) is 0 Å². The molecule has 6 heteroatoms. The quantitative estimate of drug-likeness (QED) is 0.222. The number of hydrogen-bond acceptors (Lipinski definition) is 4. The summed E-state index contributed by atoms with van der Waals surface area (Å²) in [7, 11) is 0. The van der Waals surface area contributed by atoms with Gasteiger partial charge in [0.25, 0.3) is 0 Å². The van der Waals surface area contributed by atoms with Crippen molar-refractivity contribution in [1.82, 2.24) is 0 Å². The summed E-state index contributed by atoms with van der Waals surface area (Å²) in [6.07, 6.45) is 4.10. The van der Waals surface area contributed by atoms with Crippen LogP contribution in [0.25, 0.3) is 33.4 Å². The molecule has 4 nitrogen and oxygen atoms in total. The van der Waals surface area contributed by atoms with Gasteiger partial charge >= 0.3 is 0 Å². The Morgan fingerprint density at radius 1 is 1.03 bits per heavy atom. The monoisotopic (exact) mass is 508 g/mol. The third kappa shape index (κ3) is 4.46. The van der Waals surface area contributed by atoms with Gasteiger partial charge in [0, 0.05) is 40.6 Å². The molecule has 2 aromatic carbocycles. The van der Waals surface area contributed by atoms with Crippen molar-refractivity contribution >= 4 is 40.0 Å². The normalized spacial score (nSPS) is 20.4. The van der Waals surface area contributed by atoms with E-state index in [2.05, 4.69) is 13.8 Å². The molecule has 0 spiro atoms. The second kappa shape index (κ2) is 9.33. The number of carbonyl (C=O) groups excluding carboxylic acids is 1. The highest BCUT2D eigenvalue weighted by atomic mass is 35.5. The molecule has 0 bridgehead atoms. The fraction of sp³-hybridized carbons (Fsp3) is 0.310. The van der Waals surface area contributed by atoms with Gasteiger partial charge in [-0.1, -0.05) is 74.2 Å². The second-order valence-corrected chi connectivity index (χ2v) is 10.6. The SMILES string of the molecule is CC1CCCC(CC(=O)c2ccc(-c3c4cc(Cl)c(=O)cc-4oc4cc(O)c(Cl)cc34)cc2)C1C. The predicted octanol–water partition coefficient (Wildman–Crippen LogP) is 8.22. The van der Waals surface area contributed by atoms with Crippen LogP contribution in [0.2, 0.25) is 10.0 Å². The summed E-state index contributed by atoms with van der Waals surface area (Å²) in [6, 6.07) is 13.5. The minimum Gasteiger partial charge on any atom is -0.506 e. The number of Topliss-reactive ketones (excluding diaryl/α,β-unsaturated/α-hetero) is 1. The maximum atomic E-state index is 13.1. The molecule has 1 heterocycles. The highest BCUT2D eigenvalue weighted by Gasteiger charge is 2.29. The molecule has 1 fully saturated rings. The second-order valence-electron chi connectivity index (χ2n) is 9.79. The molecule has 1 saturated carbocycles. The Labute approximate surface area is 213 Å². The zero-order valence-electron chi connectivity index (χ0n) is 19.6. The molecule has 1 N–H and O–H groups in total. The minimum atomic E-state index is -0.349. The summed E-state index contributed by atoms with van der Waals surface area (Å²) < 4.78 is 5.91. The molecule has 2 aromatic rings. The summed E-state index contributed by atoms with van der Waals surface area (Å²) in [5.74, 6) is 2.03. The van der Waals surface area contributed by atoms with E-state index in [4.69, 9.17) is 27.6 Å². The first-order chi connectivity index (χ1) is 16.7. The maximum absolute atomic E-state index is 13.1. The molecule has 3 atom stereocenters. The van der Waals surface area contributed by atoms with E-state index in [-0.39, 0.29) is 27.0 Å². The van der Waals surface area contributed by atoms with Crippen molar-refractivity contribution in [3.05, 3.63) is 74.4 Å². The van der Waals surface area contributed by atoms with Crippen LogP contribution in [0.1, 0.15) is 49.9 Å². The van der Waals surface area contributed by atoms with Gasteiger partial charge in [-0.05, 0) is 41.9 Å². The number of carbonyl (C=O) groups is 1. The molecule has 0 amide bonds. The van der Waals surface area contributed by atoms with Crippen molar-refractivity contribution < 1.29 is 14.3 Å². The van der Waals surface area contributed by atoms with Crippen molar-refractivity contribution in [1.29, 1.82) is 0 Å². The summed E-state index contributed by atoms with van der Waals surface area (Å²) in [6.45, 7) is 4.55. The van der Waals surface area contributed by atoms with Gasteiger partial charge in [-0.25, -0.2) is 0 Å². The lowest BCUT2D eigenvalue weighted by Gasteiger charge is -2.33. The molecule has 3 unspecified atom stereocenters. The lowest BCUT2D eigenvalue weighted by Crippen LogP contribution is -2.26. The Morgan fingerprint density at radius 2 is 1.77 bits per heavy atom. The number of ketones is 1. The van der Waals surface area contributed by atoms with E-state index in [0.717, 1.165) is 17.5 Å². The number of phenols is 1. The van der Waals surface area contributed by atoms with E-state index in [0.29, 0.717) is 52.0 Å². The van der Waals surface area contributed by atoms with Gasteiger partial charge in [0.05, 0.1) is 10.0 Å². The number of phenolic OH excluding ortho intramolecular Hbond substituents is 1. The Kier molecular flexibility index (Phi) is 6.37. The lowest BCUT2D eigenvalue weighted by molar-refractivity contribution is 0.0897. The molecule has 1 aliphatic heterocycles. The van der Waals surface area contributed by atoms with Crippen LogP contribution < -0.4 is 5.43 Å². The minimum absolute atomic E-state index is 0.0841. The molecule has 0 radical (unpaired) electrons. The number of aromatic hydroxyl groups is 1. The number of hydrogen-bond donors (Lipinski definition) is 1. The number of benzene rings is 3. The molecule has 180 valence electrons. The number of halogens is 2. The summed E-state index contributed by atoms with van der Waals surface area (Å²) in [5.41, 5.74) is 2.95. The van der Waals surface area contributed by atoms with Crippen LogP contribution in [-0.2, 0) is 0 Å². The maximum Gasteiger partial charge on any atom is 0.200 e. The highest BCUT2D eigenvalue weighted by Crippen LogP contribution is 2.43. The molecule has 0 saturated heterocycles. The highest BCUT2D eigenvalue weighted by molar-refractivity contribution is 6.33. The fourth-order valence-corrected chi connectivity index (χ4v) is 5.70. The van der Waals surface area contributed by atoms with E-state index < -0.39 is 0 Å². The summed E-state index contributed by atoms with van der Waals surface area (Å²) in [5, 5.41) is 11.0. The van der Waals surface area contributed by atoms with E-state index in [1.54, 1.807) is 12.1 Å². The molecule has 35 heavy (non-hydrogen) atoms. The Hall–Kier alpha value is -2.82. The van der Waals surface area contributed by atoms with Crippen molar-refractivity contribution in [2.45, 2.75) is 39.5 Å². The largest absolute Gasteiger partial charge is 0.506 e. The van der Waals surface area contributed by atoms with Gasteiger partial charge < -0.3 is 9.52 Å². The van der Waals surface area contributed by atoms with E-state index in [9.17, 15) is 14.7 Å². The van der Waals surface area contributed by atoms with E-state index in [1.165, 1.54) is 25.0 Å². The first kappa shape index (κ1) is 23.9. The van der Waals surface area contributed by atoms with Crippen molar-refractivity contribution in [3.8, 4) is 28.2 Å². The Bertz CT molecular complexity index is 1450. The average Bonchev–Trinajstić information content (AvgIpc) is 2.83. The van der Waals surface area contributed by atoms with Crippen LogP contribution in [0.3, 0.4) is 0 Å². The van der Waals surface area contributed by atoms with E-state index >= 15 is 0 Å². The predicted molar refractivity (Wildman–Crippen MR) is 141 cm³/mol. The topological polar surface area (TPSA) is 67.5 Å². The van der Waals surface area contributed by atoms with Gasteiger partial charge in [-0.3, -0.25) is 9.59 Å². The molecule has 0 aromatic heterocycles. The van der Waals surface area contributed by atoms with Gasteiger partial charge in [0.15, 0.2) is 5.78 Å². The average molecular weight is 509 g/mol. The Balaban J connectivity index is 1.57. The molecule has 5 rings (SSSR count). The lowest BCUT2D eigenvalue weighted by atomic mass is 9.71. The van der Waals surface area contributed by atoms with Crippen LogP contribution in [0.5, 0.6) is 5.75 Å². The zero-order chi connectivity index (χ0) is 24.9. The van der Waals surface area contributed by atoms with Crippen molar-refractivity contribution in [2.24, 2.45) is 17.8 Å². The van der Waals surface area contributed by atoms with Crippen molar-refractivity contribution in [3.63, 3.8) is 0 Å². The fourth-order valence-electron chi connectivity index (χ4n) is 5.37. The third-order valence-electron chi connectivity index (χ3n) is 7.66. The van der Waals surface area contributed by atoms with Crippen LogP contribution in [0.15, 0.2) is 57.7 Å². The summed E-state index contributed by atoms with van der Waals surface area (Å²) >= 11 is 12.4. The van der Waals surface area contributed by atoms with Gasteiger partial charge in [-0.2, -0.15) is 0 Å². The Morgan fingerprint density at radius 3 is 2.51 bits per heavy atom. The zero-order valence-corrected chi connectivity index (χ0v) is 21.1. The van der Waals surface area contributed by atoms with Crippen LogP contribution in [-0.4, -0.2) is 10.9 Å². The van der Waals surface area contributed by atoms with Crippen LogP contribution >= 0.6 is 23.2 Å².